The Labute approximate surface area is 126 Å². The number of hydrogen-bond acceptors (Lipinski definition) is 3. The number of carbonyl (C=O) groups excluding carboxylic acids is 1. The van der Waals surface area contributed by atoms with Gasteiger partial charge < -0.3 is 15.3 Å². The molecule has 1 aromatic carbocycles. The Morgan fingerprint density at radius 3 is 2.43 bits per heavy atom. The number of para-hydroxylation sites is 1. The summed E-state index contributed by atoms with van der Waals surface area (Å²) < 4.78 is 0. The monoisotopic (exact) mass is 288 g/mol. The first kappa shape index (κ1) is 14.4. The second-order valence-corrected chi connectivity index (χ2v) is 6.21. The van der Waals surface area contributed by atoms with Crippen LogP contribution < -0.4 is 5.32 Å². The molecule has 1 heterocycles. The lowest BCUT2D eigenvalue weighted by molar-refractivity contribution is -0.139. The first-order valence-corrected chi connectivity index (χ1v) is 8.02. The molecule has 0 spiro atoms. The van der Waals surface area contributed by atoms with Gasteiger partial charge in [-0.05, 0) is 44.2 Å². The van der Waals surface area contributed by atoms with Gasteiger partial charge in [-0.25, -0.2) is 0 Å². The van der Waals surface area contributed by atoms with Crippen LogP contribution in [0.1, 0.15) is 32.1 Å². The maximum absolute atomic E-state index is 12.4. The molecule has 0 aromatic heterocycles. The standard InChI is InChI=1S/C17H24N2O2/c20-16-8-4-7-15(16)17(21)19-11-9-14(10-12-19)18-13-5-2-1-3-6-13/h1-3,5-6,14-16,18,20H,4,7-12H2. The number of carbonyl (C=O) groups is 1. The largest absolute Gasteiger partial charge is 0.392 e. The maximum atomic E-state index is 12.4. The number of aliphatic hydroxyl groups is 1. The van der Waals surface area contributed by atoms with E-state index >= 15 is 0 Å². The average Bonchev–Trinajstić information content (AvgIpc) is 2.94. The normalized spacial score (nSPS) is 26.8. The number of piperidine rings is 1. The third kappa shape index (κ3) is 3.38. The van der Waals surface area contributed by atoms with Gasteiger partial charge in [0.15, 0.2) is 0 Å². The third-order valence-corrected chi connectivity index (χ3v) is 4.75. The highest BCUT2D eigenvalue weighted by atomic mass is 16.3. The molecule has 114 valence electrons. The molecule has 1 aliphatic carbocycles. The number of hydrogen-bond donors (Lipinski definition) is 2. The minimum Gasteiger partial charge on any atom is -0.392 e. The molecule has 21 heavy (non-hydrogen) atoms. The molecule has 1 amide bonds. The summed E-state index contributed by atoms with van der Waals surface area (Å²) in [4.78, 5) is 14.4. The molecule has 1 saturated heterocycles. The molecule has 2 fully saturated rings. The molecule has 2 N–H and O–H groups in total. The second-order valence-electron chi connectivity index (χ2n) is 6.21. The van der Waals surface area contributed by atoms with Gasteiger partial charge in [0.1, 0.15) is 0 Å². The molecule has 2 unspecified atom stereocenters. The summed E-state index contributed by atoms with van der Waals surface area (Å²) >= 11 is 0. The van der Waals surface area contributed by atoms with E-state index < -0.39 is 6.10 Å². The van der Waals surface area contributed by atoms with Gasteiger partial charge in [0.25, 0.3) is 0 Å². The zero-order valence-electron chi connectivity index (χ0n) is 12.4. The highest BCUT2D eigenvalue weighted by Gasteiger charge is 2.35. The summed E-state index contributed by atoms with van der Waals surface area (Å²) in [7, 11) is 0. The van der Waals surface area contributed by atoms with Crippen LogP contribution in [-0.4, -0.2) is 41.1 Å². The van der Waals surface area contributed by atoms with Crippen LogP contribution >= 0.6 is 0 Å². The Hall–Kier alpha value is -1.55. The molecular formula is C17H24N2O2. The number of anilines is 1. The van der Waals surface area contributed by atoms with E-state index in [9.17, 15) is 9.90 Å². The van der Waals surface area contributed by atoms with E-state index in [1.165, 1.54) is 0 Å². The SMILES string of the molecule is O=C(C1CCCC1O)N1CCC(Nc2ccccc2)CC1. The summed E-state index contributed by atoms with van der Waals surface area (Å²) in [6.45, 7) is 1.60. The fourth-order valence-corrected chi connectivity index (χ4v) is 3.48. The quantitative estimate of drug-likeness (QED) is 0.897. The summed E-state index contributed by atoms with van der Waals surface area (Å²) in [6.07, 6.45) is 4.14. The fourth-order valence-electron chi connectivity index (χ4n) is 3.48. The summed E-state index contributed by atoms with van der Waals surface area (Å²) in [5.41, 5.74) is 1.15. The van der Waals surface area contributed by atoms with E-state index in [-0.39, 0.29) is 11.8 Å². The van der Waals surface area contributed by atoms with Crippen molar-refractivity contribution in [3.63, 3.8) is 0 Å². The molecule has 2 atom stereocenters. The van der Waals surface area contributed by atoms with Crippen molar-refractivity contribution >= 4 is 11.6 Å². The predicted octanol–water partition coefficient (Wildman–Crippen LogP) is 2.25. The predicted molar refractivity (Wildman–Crippen MR) is 83.0 cm³/mol. The van der Waals surface area contributed by atoms with Crippen LogP contribution in [0.15, 0.2) is 30.3 Å². The van der Waals surface area contributed by atoms with Crippen molar-refractivity contribution in [1.82, 2.24) is 4.90 Å². The van der Waals surface area contributed by atoms with E-state index in [4.69, 9.17) is 0 Å². The molecule has 3 rings (SSSR count). The Morgan fingerprint density at radius 2 is 1.81 bits per heavy atom. The molecule has 1 aromatic rings. The van der Waals surface area contributed by atoms with Crippen molar-refractivity contribution in [3.8, 4) is 0 Å². The molecule has 4 heteroatoms. The van der Waals surface area contributed by atoms with Crippen molar-refractivity contribution in [1.29, 1.82) is 0 Å². The Morgan fingerprint density at radius 1 is 1.10 bits per heavy atom. The van der Waals surface area contributed by atoms with Crippen LogP contribution in [0.3, 0.4) is 0 Å². The lowest BCUT2D eigenvalue weighted by Crippen LogP contribution is -2.46. The van der Waals surface area contributed by atoms with Crippen molar-refractivity contribution in [2.24, 2.45) is 5.92 Å². The second kappa shape index (κ2) is 6.48. The minimum absolute atomic E-state index is 0.149. The first-order chi connectivity index (χ1) is 10.2. The van der Waals surface area contributed by atoms with Crippen LogP contribution in [0.4, 0.5) is 5.69 Å². The highest BCUT2D eigenvalue weighted by Crippen LogP contribution is 2.28. The number of benzene rings is 1. The number of amides is 1. The van der Waals surface area contributed by atoms with Crippen molar-refractivity contribution in [2.75, 3.05) is 18.4 Å². The van der Waals surface area contributed by atoms with Gasteiger partial charge in [-0.1, -0.05) is 18.2 Å². The molecule has 0 radical (unpaired) electrons. The molecular weight excluding hydrogens is 264 g/mol. The van der Waals surface area contributed by atoms with E-state index in [0.29, 0.717) is 6.04 Å². The van der Waals surface area contributed by atoms with Gasteiger partial charge in [-0.3, -0.25) is 4.79 Å². The van der Waals surface area contributed by atoms with Crippen LogP contribution in [0.25, 0.3) is 0 Å². The number of aliphatic hydroxyl groups excluding tert-OH is 1. The zero-order chi connectivity index (χ0) is 14.7. The number of rotatable bonds is 3. The van der Waals surface area contributed by atoms with Crippen molar-refractivity contribution < 1.29 is 9.90 Å². The molecule has 2 aliphatic rings. The minimum atomic E-state index is -0.419. The van der Waals surface area contributed by atoms with Gasteiger partial charge in [-0.15, -0.1) is 0 Å². The number of nitrogens with zero attached hydrogens (tertiary/aromatic N) is 1. The van der Waals surface area contributed by atoms with Gasteiger partial charge in [0, 0.05) is 24.8 Å². The van der Waals surface area contributed by atoms with E-state index in [1.807, 2.05) is 23.1 Å². The fraction of sp³-hybridized carbons (Fsp3) is 0.588. The lowest BCUT2D eigenvalue weighted by Gasteiger charge is -2.34. The average molecular weight is 288 g/mol. The third-order valence-electron chi connectivity index (χ3n) is 4.75. The molecule has 0 bridgehead atoms. The van der Waals surface area contributed by atoms with Crippen LogP contribution in [-0.2, 0) is 4.79 Å². The molecule has 1 aliphatic heterocycles. The van der Waals surface area contributed by atoms with Gasteiger partial charge in [0.05, 0.1) is 12.0 Å². The van der Waals surface area contributed by atoms with Gasteiger partial charge in [-0.2, -0.15) is 0 Å². The maximum Gasteiger partial charge on any atom is 0.228 e. The number of nitrogens with one attached hydrogen (secondary N) is 1. The topological polar surface area (TPSA) is 52.6 Å². The Kier molecular flexibility index (Phi) is 4.44. The van der Waals surface area contributed by atoms with Gasteiger partial charge in [0.2, 0.25) is 5.91 Å². The molecule has 1 saturated carbocycles. The molecule has 4 nitrogen and oxygen atoms in total. The van der Waals surface area contributed by atoms with Crippen molar-refractivity contribution in [3.05, 3.63) is 30.3 Å². The van der Waals surface area contributed by atoms with Crippen LogP contribution in [0.2, 0.25) is 0 Å². The van der Waals surface area contributed by atoms with E-state index in [0.717, 1.165) is 50.9 Å². The highest BCUT2D eigenvalue weighted by molar-refractivity contribution is 5.79. The van der Waals surface area contributed by atoms with Gasteiger partial charge >= 0.3 is 0 Å². The zero-order valence-corrected chi connectivity index (χ0v) is 12.4. The van der Waals surface area contributed by atoms with Crippen LogP contribution in [0, 0.1) is 5.92 Å². The summed E-state index contributed by atoms with van der Waals surface area (Å²) in [6, 6.07) is 10.7. The first-order valence-electron chi connectivity index (χ1n) is 8.02. The van der Waals surface area contributed by atoms with E-state index in [2.05, 4.69) is 17.4 Å². The Bertz CT molecular complexity index is 469. The van der Waals surface area contributed by atoms with E-state index in [1.54, 1.807) is 0 Å². The smallest absolute Gasteiger partial charge is 0.228 e. The van der Waals surface area contributed by atoms with Crippen LogP contribution in [0.5, 0.6) is 0 Å². The Balaban J connectivity index is 1.50. The number of likely N-dealkylation sites (tertiary alicyclic amines) is 1. The summed E-state index contributed by atoms with van der Waals surface area (Å²) in [5.74, 6) is 0.0155. The lowest BCUT2D eigenvalue weighted by atomic mass is 9.99. The van der Waals surface area contributed by atoms with Crippen molar-refractivity contribution in [2.45, 2.75) is 44.2 Å². The summed E-state index contributed by atoms with van der Waals surface area (Å²) in [5, 5.41) is 13.4.